The van der Waals surface area contributed by atoms with Crippen LogP contribution >= 0.6 is 0 Å². The van der Waals surface area contributed by atoms with Gasteiger partial charge in [-0.05, 0) is 12.1 Å². The average Bonchev–Trinajstić information content (AvgIpc) is 2.39. The molecule has 0 unspecified atom stereocenters. The van der Waals surface area contributed by atoms with Gasteiger partial charge in [0.05, 0.1) is 12.4 Å². The molecule has 0 spiro atoms. The summed E-state index contributed by atoms with van der Waals surface area (Å²) in [5.41, 5.74) is 0. The van der Waals surface area contributed by atoms with E-state index >= 15 is 0 Å². The second kappa shape index (κ2) is 4.96. The summed E-state index contributed by atoms with van der Waals surface area (Å²) in [6, 6.07) is 4.94. The lowest BCUT2D eigenvalue weighted by atomic mass is 10.5. The summed E-state index contributed by atoms with van der Waals surface area (Å²) in [5, 5.41) is 2.71. The lowest BCUT2D eigenvalue weighted by Crippen LogP contribution is -2.14. The Labute approximate surface area is 104 Å². The van der Waals surface area contributed by atoms with Crippen LogP contribution in [0.5, 0.6) is 0 Å². The Balaban J connectivity index is 2.25. The van der Waals surface area contributed by atoms with Crippen LogP contribution in [0.1, 0.15) is 0 Å². The van der Waals surface area contributed by atoms with Crippen molar-refractivity contribution in [3.05, 3.63) is 36.8 Å². The largest absolute Gasteiger partial charge is 0.357 e. The summed E-state index contributed by atoms with van der Waals surface area (Å²) < 4.78 is 26.2. The third kappa shape index (κ3) is 2.72. The normalized spacial score (nSPS) is 10.9. The first-order valence-corrected chi connectivity index (χ1v) is 6.54. The van der Waals surface area contributed by atoms with Crippen molar-refractivity contribution < 1.29 is 8.42 Å². The van der Waals surface area contributed by atoms with Crippen molar-refractivity contribution in [2.45, 2.75) is 4.90 Å². The monoisotopic (exact) mass is 265 g/mol. The van der Waals surface area contributed by atoms with E-state index in [-0.39, 0.29) is 10.7 Å². The van der Waals surface area contributed by atoms with E-state index in [0.717, 1.165) is 0 Å². The van der Waals surface area contributed by atoms with E-state index in [1.54, 1.807) is 25.2 Å². The van der Waals surface area contributed by atoms with Gasteiger partial charge in [-0.1, -0.05) is 6.07 Å². The van der Waals surface area contributed by atoms with E-state index < -0.39 is 10.0 Å². The van der Waals surface area contributed by atoms with Gasteiger partial charge in [0.15, 0.2) is 0 Å². The molecule has 0 bridgehead atoms. The number of aromatic nitrogens is 3. The number of hydrogen-bond acceptors (Lipinski definition) is 6. The SMILES string of the molecule is CNc1ncc(S(=O)(=O)Nc2ccccn2)cn1. The Hall–Kier alpha value is -2.22. The second-order valence-electron chi connectivity index (χ2n) is 3.31. The maximum Gasteiger partial charge on any atom is 0.266 e. The minimum absolute atomic E-state index is 0.0212. The third-order valence-electron chi connectivity index (χ3n) is 2.07. The summed E-state index contributed by atoms with van der Waals surface area (Å²) >= 11 is 0. The number of pyridine rings is 1. The lowest BCUT2D eigenvalue weighted by molar-refractivity contribution is 0.600. The van der Waals surface area contributed by atoms with E-state index in [1.807, 2.05) is 0 Å². The van der Waals surface area contributed by atoms with Gasteiger partial charge in [-0.3, -0.25) is 4.72 Å². The predicted molar refractivity (Wildman–Crippen MR) is 66.6 cm³/mol. The van der Waals surface area contributed by atoms with E-state index in [9.17, 15) is 8.42 Å². The molecule has 8 heteroatoms. The highest BCUT2D eigenvalue weighted by Crippen LogP contribution is 2.12. The van der Waals surface area contributed by atoms with E-state index in [2.05, 4.69) is 25.0 Å². The predicted octanol–water partition coefficient (Wildman–Crippen LogP) is 0.714. The zero-order valence-electron chi connectivity index (χ0n) is 9.53. The van der Waals surface area contributed by atoms with Crippen molar-refractivity contribution in [3.63, 3.8) is 0 Å². The maximum absolute atomic E-state index is 11.9. The molecule has 0 aliphatic heterocycles. The maximum atomic E-state index is 11.9. The van der Waals surface area contributed by atoms with E-state index in [4.69, 9.17) is 0 Å². The van der Waals surface area contributed by atoms with Gasteiger partial charge in [0.2, 0.25) is 5.95 Å². The van der Waals surface area contributed by atoms with Crippen LogP contribution in [0.15, 0.2) is 41.7 Å². The van der Waals surface area contributed by atoms with Crippen molar-refractivity contribution >= 4 is 21.8 Å². The van der Waals surface area contributed by atoms with Crippen LogP contribution in [-0.4, -0.2) is 30.4 Å². The summed E-state index contributed by atoms with van der Waals surface area (Å²) in [6.45, 7) is 0. The molecule has 2 rings (SSSR count). The highest BCUT2D eigenvalue weighted by Gasteiger charge is 2.15. The van der Waals surface area contributed by atoms with Crippen LogP contribution < -0.4 is 10.0 Å². The molecule has 0 fully saturated rings. The first-order valence-electron chi connectivity index (χ1n) is 5.05. The molecule has 0 atom stereocenters. The van der Waals surface area contributed by atoms with Gasteiger partial charge in [0.25, 0.3) is 10.0 Å². The lowest BCUT2D eigenvalue weighted by Gasteiger charge is -2.06. The molecule has 2 N–H and O–H groups in total. The van der Waals surface area contributed by atoms with Crippen LogP contribution in [0.4, 0.5) is 11.8 Å². The molecule has 0 radical (unpaired) electrons. The van der Waals surface area contributed by atoms with Crippen LogP contribution in [0.3, 0.4) is 0 Å². The standard InChI is InChI=1S/C10H11N5O2S/c1-11-10-13-6-8(7-14-10)18(16,17)15-9-4-2-3-5-12-9/h2-7H,1H3,(H,12,15)(H,11,13,14). The van der Waals surface area contributed by atoms with Gasteiger partial charge >= 0.3 is 0 Å². The van der Waals surface area contributed by atoms with Crippen molar-refractivity contribution in [2.24, 2.45) is 0 Å². The zero-order valence-corrected chi connectivity index (χ0v) is 10.3. The minimum atomic E-state index is -3.70. The third-order valence-corrected chi connectivity index (χ3v) is 3.38. The van der Waals surface area contributed by atoms with Crippen LogP contribution in [0.2, 0.25) is 0 Å². The molecular weight excluding hydrogens is 254 g/mol. The number of nitrogens with one attached hydrogen (secondary N) is 2. The van der Waals surface area contributed by atoms with Gasteiger partial charge in [-0.25, -0.2) is 23.4 Å². The van der Waals surface area contributed by atoms with Crippen molar-refractivity contribution in [1.29, 1.82) is 0 Å². The molecule has 0 aliphatic carbocycles. The summed E-state index contributed by atoms with van der Waals surface area (Å²) in [6.07, 6.45) is 3.95. The molecule has 0 aromatic carbocycles. The fourth-order valence-electron chi connectivity index (χ4n) is 1.20. The van der Waals surface area contributed by atoms with Crippen LogP contribution in [-0.2, 0) is 10.0 Å². The summed E-state index contributed by atoms with van der Waals surface area (Å²) in [4.78, 5) is 11.5. The Bertz CT molecular complexity index is 612. The highest BCUT2D eigenvalue weighted by molar-refractivity contribution is 7.92. The molecule has 0 aliphatic rings. The summed E-state index contributed by atoms with van der Waals surface area (Å²) in [5.74, 6) is 0.599. The zero-order chi connectivity index (χ0) is 13.0. The molecule has 18 heavy (non-hydrogen) atoms. The molecular formula is C10H11N5O2S. The Morgan fingerprint density at radius 1 is 1.11 bits per heavy atom. The fourth-order valence-corrected chi connectivity index (χ4v) is 2.10. The van der Waals surface area contributed by atoms with Crippen LogP contribution in [0.25, 0.3) is 0 Å². The molecule has 2 aromatic rings. The average molecular weight is 265 g/mol. The van der Waals surface area contributed by atoms with E-state index in [1.165, 1.54) is 18.6 Å². The number of anilines is 2. The van der Waals surface area contributed by atoms with Gasteiger partial charge in [0.1, 0.15) is 10.7 Å². The summed E-state index contributed by atoms with van der Waals surface area (Å²) in [7, 11) is -2.06. The van der Waals surface area contributed by atoms with E-state index in [0.29, 0.717) is 5.95 Å². The minimum Gasteiger partial charge on any atom is -0.357 e. The Morgan fingerprint density at radius 3 is 2.39 bits per heavy atom. The first kappa shape index (κ1) is 12.2. The molecule has 94 valence electrons. The number of nitrogens with zero attached hydrogens (tertiary/aromatic N) is 3. The van der Waals surface area contributed by atoms with Crippen molar-refractivity contribution in [2.75, 3.05) is 17.1 Å². The number of hydrogen-bond donors (Lipinski definition) is 2. The molecule has 0 amide bonds. The van der Waals surface area contributed by atoms with Crippen molar-refractivity contribution in [1.82, 2.24) is 15.0 Å². The Morgan fingerprint density at radius 2 is 1.83 bits per heavy atom. The second-order valence-corrected chi connectivity index (χ2v) is 5.00. The fraction of sp³-hybridized carbons (Fsp3) is 0.100. The first-order chi connectivity index (χ1) is 8.62. The Kier molecular flexibility index (Phi) is 3.38. The quantitative estimate of drug-likeness (QED) is 0.845. The molecule has 7 nitrogen and oxygen atoms in total. The molecule has 0 saturated carbocycles. The highest BCUT2D eigenvalue weighted by atomic mass is 32.2. The van der Waals surface area contributed by atoms with Gasteiger partial charge in [-0.2, -0.15) is 0 Å². The molecule has 2 aromatic heterocycles. The van der Waals surface area contributed by atoms with Gasteiger partial charge < -0.3 is 5.32 Å². The van der Waals surface area contributed by atoms with Crippen molar-refractivity contribution in [3.8, 4) is 0 Å². The molecule has 0 saturated heterocycles. The number of sulfonamides is 1. The topological polar surface area (TPSA) is 96.9 Å². The van der Waals surface area contributed by atoms with Gasteiger partial charge in [0, 0.05) is 13.2 Å². The van der Waals surface area contributed by atoms with Crippen LogP contribution in [0, 0.1) is 0 Å². The van der Waals surface area contributed by atoms with Gasteiger partial charge in [-0.15, -0.1) is 0 Å². The number of rotatable bonds is 4. The smallest absolute Gasteiger partial charge is 0.266 e. The molecule has 2 heterocycles.